The van der Waals surface area contributed by atoms with Gasteiger partial charge in [-0.15, -0.1) is 0 Å². The zero-order valence-electron chi connectivity index (χ0n) is 11.7. The molecule has 1 aromatic carbocycles. The van der Waals surface area contributed by atoms with Crippen molar-refractivity contribution in [3.05, 3.63) is 35.9 Å². The monoisotopic (exact) mass is 261 g/mol. The van der Waals surface area contributed by atoms with E-state index in [2.05, 4.69) is 42.6 Å². The van der Waals surface area contributed by atoms with Gasteiger partial charge in [-0.3, -0.25) is 4.79 Å². The first kappa shape index (κ1) is 14.1. The van der Waals surface area contributed by atoms with Gasteiger partial charge in [-0.05, 0) is 43.6 Å². The molecule has 0 heterocycles. The Morgan fingerprint density at radius 3 is 2.42 bits per heavy atom. The van der Waals surface area contributed by atoms with Crippen molar-refractivity contribution in [2.24, 2.45) is 0 Å². The van der Waals surface area contributed by atoms with E-state index >= 15 is 0 Å². The highest BCUT2D eigenvalue weighted by molar-refractivity contribution is 5.72. The van der Waals surface area contributed by atoms with E-state index in [1.807, 2.05) is 0 Å². The fourth-order valence-electron chi connectivity index (χ4n) is 2.98. The zero-order valence-corrected chi connectivity index (χ0v) is 11.7. The van der Waals surface area contributed by atoms with Crippen LogP contribution in [0.4, 0.5) is 0 Å². The second-order valence-electron chi connectivity index (χ2n) is 5.93. The summed E-state index contributed by atoms with van der Waals surface area (Å²) in [5.41, 5.74) is 1.64. The Morgan fingerprint density at radius 1 is 1.32 bits per heavy atom. The van der Waals surface area contributed by atoms with Gasteiger partial charge in [0.2, 0.25) is 0 Å². The summed E-state index contributed by atoms with van der Waals surface area (Å²) in [6.07, 6.45) is 4.31. The van der Waals surface area contributed by atoms with Crippen molar-refractivity contribution in [1.29, 1.82) is 0 Å². The van der Waals surface area contributed by atoms with Crippen molar-refractivity contribution < 1.29 is 9.90 Å². The normalized spacial score (nSPS) is 28.8. The van der Waals surface area contributed by atoms with Gasteiger partial charge in [-0.1, -0.05) is 37.3 Å². The Bertz CT molecular complexity index is 422. The molecule has 1 unspecified atom stereocenters. The lowest BCUT2D eigenvalue weighted by molar-refractivity contribution is -0.139. The van der Waals surface area contributed by atoms with Crippen LogP contribution >= 0.6 is 0 Å². The predicted octanol–water partition coefficient (Wildman–Crippen LogP) is 2.95. The minimum absolute atomic E-state index is 0.242. The number of aliphatic carboxylic acids is 1. The third kappa shape index (κ3) is 3.35. The smallest absolute Gasteiger partial charge is 0.320 e. The molecule has 0 aliphatic heterocycles. The largest absolute Gasteiger partial charge is 0.480 e. The highest BCUT2D eigenvalue weighted by Crippen LogP contribution is 2.38. The number of carbonyl (C=O) groups is 1. The van der Waals surface area contributed by atoms with Gasteiger partial charge >= 0.3 is 5.97 Å². The van der Waals surface area contributed by atoms with Crippen LogP contribution in [0.5, 0.6) is 0 Å². The van der Waals surface area contributed by atoms with Gasteiger partial charge in [0.15, 0.2) is 0 Å². The lowest BCUT2D eigenvalue weighted by Gasteiger charge is -2.38. The number of nitrogens with one attached hydrogen (secondary N) is 1. The Balaban J connectivity index is 1.94. The summed E-state index contributed by atoms with van der Waals surface area (Å²) in [5, 5.41) is 12.1. The van der Waals surface area contributed by atoms with Gasteiger partial charge in [0, 0.05) is 6.04 Å². The molecule has 1 saturated carbocycles. The summed E-state index contributed by atoms with van der Waals surface area (Å²) < 4.78 is 0. The van der Waals surface area contributed by atoms with Crippen LogP contribution in [-0.2, 0) is 10.2 Å². The molecular formula is C16H23NO2. The maximum atomic E-state index is 10.9. The molecule has 1 aliphatic rings. The van der Waals surface area contributed by atoms with E-state index in [9.17, 15) is 4.79 Å². The third-order valence-corrected chi connectivity index (χ3v) is 4.42. The molecule has 0 saturated heterocycles. The van der Waals surface area contributed by atoms with E-state index in [1.165, 1.54) is 5.56 Å². The van der Waals surface area contributed by atoms with E-state index in [4.69, 9.17) is 5.11 Å². The standard InChI is InChI=1S/C16H23NO2/c1-12(15(18)19)17-14-8-10-16(2,11-9-14)13-6-4-3-5-7-13/h3-7,12,14,17H,8-11H2,1-2H3,(H,18,19). The Hall–Kier alpha value is -1.35. The molecular weight excluding hydrogens is 238 g/mol. The number of hydrogen-bond acceptors (Lipinski definition) is 2. The summed E-state index contributed by atoms with van der Waals surface area (Å²) in [6, 6.07) is 10.5. The number of rotatable bonds is 4. The molecule has 3 heteroatoms. The molecule has 19 heavy (non-hydrogen) atoms. The average Bonchev–Trinajstić information content (AvgIpc) is 2.42. The molecule has 104 valence electrons. The number of carboxylic acid groups (broad SMARTS) is 1. The van der Waals surface area contributed by atoms with Gasteiger partial charge in [-0.25, -0.2) is 0 Å². The van der Waals surface area contributed by atoms with Crippen LogP contribution in [0.2, 0.25) is 0 Å². The quantitative estimate of drug-likeness (QED) is 0.876. The Morgan fingerprint density at radius 2 is 1.89 bits per heavy atom. The summed E-state index contributed by atoms with van der Waals surface area (Å²) in [4.78, 5) is 10.9. The molecule has 1 fully saturated rings. The predicted molar refractivity (Wildman–Crippen MR) is 76.3 cm³/mol. The second kappa shape index (κ2) is 5.74. The summed E-state index contributed by atoms with van der Waals surface area (Å²) in [6.45, 7) is 4.03. The van der Waals surface area contributed by atoms with Crippen molar-refractivity contribution in [2.45, 2.75) is 57.0 Å². The van der Waals surface area contributed by atoms with Crippen molar-refractivity contribution in [1.82, 2.24) is 5.32 Å². The van der Waals surface area contributed by atoms with Crippen LogP contribution in [0.3, 0.4) is 0 Å². The van der Waals surface area contributed by atoms with Crippen molar-refractivity contribution in [3.63, 3.8) is 0 Å². The SMILES string of the molecule is CC(NC1CCC(C)(c2ccccc2)CC1)C(=O)O. The van der Waals surface area contributed by atoms with E-state index in [0.29, 0.717) is 6.04 Å². The van der Waals surface area contributed by atoms with Gasteiger partial charge < -0.3 is 10.4 Å². The van der Waals surface area contributed by atoms with Crippen LogP contribution in [0.15, 0.2) is 30.3 Å². The highest BCUT2D eigenvalue weighted by atomic mass is 16.4. The fourth-order valence-corrected chi connectivity index (χ4v) is 2.98. The van der Waals surface area contributed by atoms with Crippen LogP contribution in [0.1, 0.15) is 45.1 Å². The lowest BCUT2D eigenvalue weighted by Crippen LogP contribution is -2.45. The van der Waals surface area contributed by atoms with Crippen LogP contribution in [0, 0.1) is 0 Å². The second-order valence-corrected chi connectivity index (χ2v) is 5.93. The minimum Gasteiger partial charge on any atom is -0.480 e. The third-order valence-electron chi connectivity index (χ3n) is 4.42. The molecule has 0 bridgehead atoms. The maximum absolute atomic E-state index is 10.9. The van der Waals surface area contributed by atoms with Gasteiger partial charge in [0.05, 0.1) is 0 Å². The number of benzene rings is 1. The average molecular weight is 261 g/mol. The molecule has 1 aromatic rings. The minimum atomic E-state index is -0.767. The molecule has 1 aliphatic carbocycles. The topological polar surface area (TPSA) is 49.3 Å². The fraction of sp³-hybridized carbons (Fsp3) is 0.562. The summed E-state index contributed by atoms with van der Waals surface area (Å²) in [7, 11) is 0. The lowest BCUT2D eigenvalue weighted by atomic mass is 9.69. The van der Waals surface area contributed by atoms with Gasteiger partial charge in [0.1, 0.15) is 6.04 Å². The van der Waals surface area contributed by atoms with E-state index in [-0.39, 0.29) is 5.41 Å². The zero-order chi connectivity index (χ0) is 13.9. The molecule has 3 nitrogen and oxygen atoms in total. The molecule has 0 radical (unpaired) electrons. The first-order chi connectivity index (χ1) is 9.01. The summed E-state index contributed by atoms with van der Waals surface area (Å²) >= 11 is 0. The Labute approximate surface area is 115 Å². The molecule has 0 amide bonds. The van der Waals surface area contributed by atoms with Crippen molar-refractivity contribution in [2.75, 3.05) is 0 Å². The van der Waals surface area contributed by atoms with E-state index < -0.39 is 12.0 Å². The van der Waals surface area contributed by atoms with Gasteiger partial charge in [0.25, 0.3) is 0 Å². The van der Waals surface area contributed by atoms with Crippen LogP contribution in [-0.4, -0.2) is 23.2 Å². The Kier molecular flexibility index (Phi) is 4.25. The summed E-state index contributed by atoms with van der Waals surface area (Å²) in [5.74, 6) is -0.767. The number of carboxylic acids is 1. The highest BCUT2D eigenvalue weighted by Gasteiger charge is 2.33. The van der Waals surface area contributed by atoms with E-state index in [1.54, 1.807) is 6.92 Å². The van der Waals surface area contributed by atoms with Crippen LogP contribution in [0.25, 0.3) is 0 Å². The molecule has 0 aromatic heterocycles. The van der Waals surface area contributed by atoms with Gasteiger partial charge in [-0.2, -0.15) is 0 Å². The maximum Gasteiger partial charge on any atom is 0.320 e. The van der Waals surface area contributed by atoms with Crippen LogP contribution < -0.4 is 5.32 Å². The molecule has 0 spiro atoms. The molecule has 1 atom stereocenters. The first-order valence-electron chi connectivity index (χ1n) is 7.06. The molecule has 2 rings (SSSR count). The van der Waals surface area contributed by atoms with Crippen molar-refractivity contribution in [3.8, 4) is 0 Å². The number of hydrogen-bond donors (Lipinski definition) is 2. The first-order valence-corrected chi connectivity index (χ1v) is 7.06. The molecule has 2 N–H and O–H groups in total. The van der Waals surface area contributed by atoms with Crippen molar-refractivity contribution >= 4 is 5.97 Å². The van der Waals surface area contributed by atoms with E-state index in [0.717, 1.165) is 25.7 Å².